The fourth-order valence-corrected chi connectivity index (χ4v) is 3.09. The molecule has 1 saturated heterocycles. The Morgan fingerprint density at radius 3 is 2.36 bits per heavy atom. The van der Waals surface area contributed by atoms with Gasteiger partial charge in [-0.15, -0.1) is 12.3 Å². The van der Waals surface area contributed by atoms with Gasteiger partial charge in [-0.3, -0.25) is 0 Å². The fourth-order valence-electron chi connectivity index (χ4n) is 1.80. The largest absolute Gasteiger partial charge is 0.301 e. The lowest BCUT2D eigenvalue weighted by Gasteiger charge is -2.34. The first-order valence-corrected chi connectivity index (χ1v) is 6.05. The highest BCUT2D eigenvalue weighted by atomic mass is 28.2. The Kier molecular flexibility index (Phi) is 2.90. The van der Waals surface area contributed by atoms with Crippen LogP contribution in [-0.4, -0.2) is 32.7 Å². The van der Waals surface area contributed by atoms with Crippen LogP contribution in [0.5, 0.6) is 0 Å². The Morgan fingerprint density at radius 1 is 1.36 bits per heavy atom. The molecule has 1 rings (SSSR count). The van der Waals surface area contributed by atoms with Gasteiger partial charge in [-0.1, -0.05) is 0 Å². The summed E-state index contributed by atoms with van der Waals surface area (Å²) in [7, 11) is -0.0900. The van der Waals surface area contributed by atoms with Crippen molar-refractivity contribution in [3.63, 3.8) is 0 Å². The molecule has 11 heavy (non-hydrogen) atoms. The van der Waals surface area contributed by atoms with Gasteiger partial charge in [-0.05, 0) is 39.8 Å². The van der Waals surface area contributed by atoms with Crippen LogP contribution in [0.15, 0.2) is 12.3 Å². The van der Waals surface area contributed by atoms with Gasteiger partial charge in [0.1, 0.15) is 0 Å². The summed E-state index contributed by atoms with van der Waals surface area (Å²) in [6.45, 7) is 11.2. The van der Waals surface area contributed by atoms with Gasteiger partial charge >= 0.3 is 0 Å². The molecule has 0 aliphatic carbocycles. The summed E-state index contributed by atoms with van der Waals surface area (Å²) in [6.07, 6.45) is 2.80. The van der Waals surface area contributed by atoms with Crippen molar-refractivity contribution in [2.75, 3.05) is 13.1 Å². The predicted octanol–water partition coefficient (Wildman–Crippen LogP) is 1.13. The fraction of sp³-hybridized carbons (Fsp3) is 0.778. The molecule has 2 heteroatoms. The Hall–Kier alpha value is -0.0831. The zero-order chi connectivity index (χ0) is 8.32. The van der Waals surface area contributed by atoms with Crippen molar-refractivity contribution >= 4 is 9.52 Å². The third-order valence-electron chi connectivity index (χ3n) is 2.61. The maximum Gasteiger partial charge on any atom is 0.0674 e. The highest BCUT2D eigenvalue weighted by molar-refractivity contribution is 6.45. The Labute approximate surface area is 72.3 Å². The predicted molar refractivity (Wildman–Crippen MR) is 53.6 cm³/mol. The molecule has 0 aromatic heterocycles. The van der Waals surface area contributed by atoms with Crippen molar-refractivity contribution in [1.82, 2.24) is 4.90 Å². The maximum atomic E-state index is 3.85. The van der Waals surface area contributed by atoms with Crippen LogP contribution in [0.1, 0.15) is 26.7 Å². The van der Waals surface area contributed by atoms with Crippen molar-refractivity contribution in [2.45, 2.75) is 31.9 Å². The second-order valence-electron chi connectivity index (χ2n) is 4.00. The van der Waals surface area contributed by atoms with Crippen LogP contribution < -0.4 is 0 Å². The quantitative estimate of drug-likeness (QED) is 0.573. The molecule has 1 heterocycles. The van der Waals surface area contributed by atoms with E-state index in [4.69, 9.17) is 0 Å². The molecule has 0 N–H and O–H groups in total. The molecular weight excluding hydrogens is 150 g/mol. The van der Waals surface area contributed by atoms with E-state index in [1.165, 1.54) is 25.9 Å². The third kappa shape index (κ3) is 2.17. The van der Waals surface area contributed by atoms with E-state index in [1.54, 1.807) is 0 Å². The number of hydrogen-bond acceptors (Lipinski definition) is 1. The molecule has 0 unspecified atom stereocenters. The first-order chi connectivity index (χ1) is 5.17. The molecule has 0 amide bonds. The lowest BCUT2D eigenvalue weighted by molar-refractivity contribution is 0.235. The topological polar surface area (TPSA) is 3.24 Å². The van der Waals surface area contributed by atoms with E-state index >= 15 is 0 Å². The van der Waals surface area contributed by atoms with Crippen molar-refractivity contribution < 1.29 is 0 Å². The molecule has 0 atom stereocenters. The molecule has 1 aliphatic heterocycles. The van der Waals surface area contributed by atoms with Crippen LogP contribution >= 0.6 is 0 Å². The van der Waals surface area contributed by atoms with Gasteiger partial charge in [0.15, 0.2) is 0 Å². The summed E-state index contributed by atoms with van der Waals surface area (Å²) in [5.41, 5.74) is 2.16. The van der Waals surface area contributed by atoms with Gasteiger partial charge in [0, 0.05) is 5.16 Å². The zero-order valence-electron chi connectivity index (χ0n) is 7.77. The maximum absolute atomic E-state index is 3.85. The van der Waals surface area contributed by atoms with Gasteiger partial charge < -0.3 is 4.90 Å². The summed E-state index contributed by atoms with van der Waals surface area (Å²) in [6, 6.07) is 0. The SMILES string of the molecule is C=C[SiH2]C(C)(C)N1CCCC1. The van der Waals surface area contributed by atoms with Crippen LogP contribution in [0, 0.1) is 0 Å². The highest BCUT2D eigenvalue weighted by Crippen LogP contribution is 2.19. The van der Waals surface area contributed by atoms with Crippen LogP contribution in [0.25, 0.3) is 0 Å². The van der Waals surface area contributed by atoms with Crippen molar-refractivity contribution in [1.29, 1.82) is 0 Å². The summed E-state index contributed by atoms with van der Waals surface area (Å²) >= 11 is 0. The number of rotatable bonds is 3. The van der Waals surface area contributed by atoms with E-state index in [0.717, 1.165) is 0 Å². The molecule has 0 saturated carbocycles. The lowest BCUT2D eigenvalue weighted by atomic mass is 10.3. The Morgan fingerprint density at radius 2 is 1.91 bits per heavy atom. The van der Waals surface area contributed by atoms with Gasteiger partial charge in [0.05, 0.1) is 9.52 Å². The van der Waals surface area contributed by atoms with Crippen LogP contribution in [-0.2, 0) is 0 Å². The first-order valence-electron chi connectivity index (χ1n) is 4.53. The van der Waals surface area contributed by atoms with Crippen LogP contribution in [0.3, 0.4) is 0 Å². The molecule has 64 valence electrons. The van der Waals surface area contributed by atoms with Gasteiger partial charge in [-0.25, -0.2) is 0 Å². The monoisotopic (exact) mass is 169 g/mol. The molecule has 1 aliphatic rings. The van der Waals surface area contributed by atoms with Crippen molar-refractivity contribution in [3.05, 3.63) is 12.3 Å². The number of likely N-dealkylation sites (tertiary alicyclic amines) is 1. The van der Waals surface area contributed by atoms with Gasteiger partial charge in [-0.2, -0.15) is 0 Å². The number of hydrogen-bond donors (Lipinski definition) is 0. The van der Waals surface area contributed by atoms with Gasteiger partial charge in [0.25, 0.3) is 0 Å². The molecule has 0 aromatic carbocycles. The summed E-state index contributed by atoms with van der Waals surface area (Å²) < 4.78 is 0. The minimum atomic E-state index is -0.0900. The molecule has 1 fully saturated rings. The molecule has 0 spiro atoms. The molecule has 0 radical (unpaired) electrons. The average molecular weight is 169 g/mol. The Balaban J connectivity index is 2.47. The van der Waals surface area contributed by atoms with E-state index in [9.17, 15) is 0 Å². The smallest absolute Gasteiger partial charge is 0.0674 e. The molecular formula is C9H19NSi. The molecule has 1 nitrogen and oxygen atoms in total. The van der Waals surface area contributed by atoms with E-state index in [2.05, 4.69) is 31.0 Å². The lowest BCUT2D eigenvalue weighted by Crippen LogP contribution is -2.46. The molecule has 0 aromatic rings. The highest BCUT2D eigenvalue weighted by Gasteiger charge is 2.27. The van der Waals surface area contributed by atoms with E-state index in [-0.39, 0.29) is 9.52 Å². The third-order valence-corrected chi connectivity index (χ3v) is 4.34. The summed E-state index contributed by atoms with van der Waals surface area (Å²) in [4.78, 5) is 2.63. The summed E-state index contributed by atoms with van der Waals surface area (Å²) in [5, 5.41) is 0.484. The van der Waals surface area contributed by atoms with E-state index in [1.807, 2.05) is 0 Å². The molecule has 0 bridgehead atoms. The standard InChI is InChI=1S/C9H19NSi/c1-4-11-9(2,3)10-7-5-6-8-10/h4H,1,5-8,11H2,2-3H3. The average Bonchev–Trinajstić information content (AvgIpc) is 2.37. The van der Waals surface area contributed by atoms with Gasteiger partial charge in [0.2, 0.25) is 0 Å². The Bertz CT molecular complexity index is 136. The second-order valence-corrected chi connectivity index (χ2v) is 6.72. The van der Waals surface area contributed by atoms with Crippen molar-refractivity contribution in [2.24, 2.45) is 0 Å². The van der Waals surface area contributed by atoms with Crippen LogP contribution in [0.4, 0.5) is 0 Å². The first kappa shape index (κ1) is 9.01. The van der Waals surface area contributed by atoms with E-state index in [0.29, 0.717) is 5.16 Å². The minimum absolute atomic E-state index is 0.0900. The van der Waals surface area contributed by atoms with Crippen molar-refractivity contribution in [3.8, 4) is 0 Å². The normalized spacial score (nSPS) is 21.6. The number of nitrogens with zero attached hydrogens (tertiary/aromatic N) is 1. The zero-order valence-corrected chi connectivity index (χ0v) is 9.18. The summed E-state index contributed by atoms with van der Waals surface area (Å²) in [5.74, 6) is 0. The second kappa shape index (κ2) is 3.54. The van der Waals surface area contributed by atoms with E-state index < -0.39 is 0 Å². The van der Waals surface area contributed by atoms with Crippen LogP contribution in [0.2, 0.25) is 0 Å². The minimum Gasteiger partial charge on any atom is -0.301 e.